The van der Waals surface area contributed by atoms with Gasteiger partial charge in [-0.2, -0.15) is 0 Å². The van der Waals surface area contributed by atoms with Crippen LogP contribution in [0.4, 0.5) is 0 Å². The summed E-state index contributed by atoms with van der Waals surface area (Å²) in [7, 11) is 0. The molecule has 0 saturated carbocycles. The number of carbonyl (C=O) groups excluding carboxylic acids is 1. The van der Waals surface area contributed by atoms with Gasteiger partial charge in [-0.15, -0.1) is 0 Å². The molecule has 0 spiro atoms. The van der Waals surface area contributed by atoms with Crippen molar-refractivity contribution < 1.29 is 4.79 Å². The zero-order valence-electron chi connectivity index (χ0n) is 3.70. The van der Waals surface area contributed by atoms with Crippen LogP contribution < -0.4 is 0 Å². The molecule has 0 bridgehead atoms. The normalized spacial score (nSPS) is 7.00. The van der Waals surface area contributed by atoms with Gasteiger partial charge >= 0.3 is 0 Å². The van der Waals surface area contributed by atoms with E-state index < -0.39 is 4.30 Å². The summed E-state index contributed by atoms with van der Waals surface area (Å²) >= 11 is 14.4. The highest BCUT2D eigenvalue weighted by atomic mass is 35.6. The summed E-state index contributed by atoms with van der Waals surface area (Å²) in [4.78, 5) is 8.81. The minimum atomic E-state index is -0.750. The van der Waals surface area contributed by atoms with E-state index in [2.05, 4.69) is 0 Å². The fourth-order valence-corrected chi connectivity index (χ4v) is 0. The SMILES string of the molecule is CC=O.ClC(Cl)Cl. The molecular weight excluding hydrogens is 158 g/mol. The predicted molar refractivity (Wildman–Crippen MR) is 33.1 cm³/mol. The van der Waals surface area contributed by atoms with E-state index in [1.54, 1.807) is 0 Å². The van der Waals surface area contributed by atoms with Crippen LogP contribution >= 0.6 is 34.8 Å². The Bertz CT molecular complexity index is 34.4. The van der Waals surface area contributed by atoms with Crippen LogP contribution in [0, 0.1) is 0 Å². The summed E-state index contributed by atoms with van der Waals surface area (Å²) in [5, 5.41) is 0. The molecule has 1 nitrogen and oxygen atoms in total. The Labute approximate surface area is 57.5 Å². The van der Waals surface area contributed by atoms with E-state index in [0.29, 0.717) is 0 Å². The third-order valence-electron chi connectivity index (χ3n) is 0. The number of carbonyl (C=O) groups is 1. The standard InChI is InChI=1S/C2H4O.CHCl3/c1-2-3;2-1(3)4/h2H,1H3;1H. The third kappa shape index (κ3) is 462. The van der Waals surface area contributed by atoms with Crippen molar-refractivity contribution >= 4 is 41.1 Å². The lowest BCUT2D eigenvalue weighted by atomic mass is 11.0. The molecule has 0 aromatic carbocycles. The van der Waals surface area contributed by atoms with Gasteiger partial charge in [-0.3, -0.25) is 0 Å². The molecule has 0 heterocycles. The maximum atomic E-state index is 8.81. The topological polar surface area (TPSA) is 17.1 Å². The molecule has 0 aliphatic heterocycles. The fraction of sp³-hybridized carbons (Fsp3) is 0.667. The Balaban J connectivity index is 0. The molecule has 0 aliphatic carbocycles. The summed E-state index contributed by atoms with van der Waals surface area (Å²) in [6.45, 7) is 1.44. The molecule has 0 fully saturated rings. The largest absolute Gasteiger partial charge is 0.304 e. The number of alkyl halides is 3. The predicted octanol–water partition coefficient (Wildman–Crippen LogP) is 2.19. The van der Waals surface area contributed by atoms with Crippen LogP contribution in [0.5, 0.6) is 0 Å². The van der Waals surface area contributed by atoms with E-state index in [9.17, 15) is 0 Å². The number of rotatable bonds is 0. The van der Waals surface area contributed by atoms with Crippen LogP contribution in [-0.2, 0) is 4.79 Å². The molecule has 0 radical (unpaired) electrons. The number of hydrogen-bond acceptors (Lipinski definition) is 1. The lowest BCUT2D eigenvalue weighted by Gasteiger charge is -1.69. The van der Waals surface area contributed by atoms with Crippen molar-refractivity contribution in [2.75, 3.05) is 0 Å². The van der Waals surface area contributed by atoms with Gasteiger partial charge in [0, 0.05) is 0 Å². The van der Waals surface area contributed by atoms with Crippen molar-refractivity contribution in [3.63, 3.8) is 0 Å². The monoisotopic (exact) mass is 162 g/mol. The van der Waals surface area contributed by atoms with E-state index in [1.807, 2.05) is 0 Å². The van der Waals surface area contributed by atoms with E-state index in [-0.39, 0.29) is 0 Å². The molecule has 0 rings (SSSR count). The average molecular weight is 163 g/mol. The number of hydrogen-bond donors (Lipinski definition) is 0. The van der Waals surface area contributed by atoms with Crippen molar-refractivity contribution in [1.29, 1.82) is 0 Å². The second-order valence-electron chi connectivity index (χ2n) is 0.483. The zero-order valence-corrected chi connectivity index (χ0v) is 5.96. The maximum Gasteiger partial charge on any atom is 0.180 e. The van der Waals surface area contributed by atoms with E-state index in [0.717, 1.165) is 6.29 Å². The van der Waals surface area contributed by atoms with Gasteiger partial charge < -0.3 is 4.79 Å². The highest BCUT2D eigenvalue weighted by molar-refractivity contribution is 6.63. The lowest BCUT2D eigenvalue weighted by molar-refractivity contribution is -0.106. The molecule has 4 heteroatoms. The quantitative estimate of drug-likeness (QED) is 0.395. The summed E-state index contributed by atoms with van der Waals surface area (Å²) in [6.07, 6.45) is 0.750. The van der Waals surface area contributed by atoms with Gasteiger partial charge in [0.1, 0.15) is 6.29 Å². The van der Waals surface area contributed by atoms with Gasteiger partial charge in [0.05, 0.1) is 0 Å². The van der Waals surface area contributed by atoms with Gasteiger partial charge in [-0.25, -0.2) is 0 Å². The Morgan fingerprint density at radius 3 is 1.43 bits per heavy atom. The molecular formula is C3H5Cl3O. The molecule has 0 aliphatic rings. The number of halogens is 3. The maximum absolute atomic E-state index is 8.81. The Hall–Kier alpha value is 0.540. The van der Waals surface area contributed by atoms with Crippen molar-refractivity contribution in [3.05, 3.63) is 0 Å². The first-order valence-electron chi connectivity index (χ1n) is 1.47. The van der Waals surface area contributed by atoms with Crippen LogP contribution in [0.1, 0.15) is 6.92 Å². The Kier molecular flexibility index (Phi) is 14.6. The lowest BCUT2D eigenvalue weighted by Crippen LogP contribution is -1.55. The second-order valence-corrected chi connectivity index (χ2v) is 2.46. The van der Waals surface area contributed by atoms with Crippen LogP contribution in [0.3, 0.4) is 0 Å². The molecule has 0 unspecified atom stereocenters. The first-order chi connectivity index (χ1) is 3.15. The van der Waals surface area contributed by atoms with Gasteiger partial charge in [-0.1, -0.05) is 34.8 Å². The van der Waals surface area contributed by atoms with Crippen molar-refractivity contribution in [3.8, 4) is 0 Å². The van der Waals surface area contributed by atoms with Crippen LogP contribution in [0.15, 0.2) is 0 Å². The molecule has 7 heavy (non-hydrogen) atoms. The summed E-state index contributed by atoms with van der Waals surface area (Å²) < 4.78 is -0.750. The van der Waals surface area contributed by atoms with Crippen LogP contribution in [-0.4, -0.2) is 10.6 Å². The third-order valence-corrected chi connectivity index (χ3v) is 0. The summed E-state index contributed by atoms with van der Waals surface area (Å²) in [6, 6.07) is 0. The van der Waals surface area contributed by atoms with Gasteiger partial charge in [0.25, 0.3) is 0 Å². The van der Waals surface area contributed by atoms with Gasteiger partial charge in [0.15, 0.2) is 4.30 Å². The first-order valence-corrected chi connectivity index (χ1v) is 2.78. The van der Waals surface area contributed by atoms with Crippen molar-refractivity contribution in [1.82, 2.24) is 0 Å². The Morgan fingerprint density at radius 2 is 1.43 bits per heavy atom. The highest BCUT2D eigenvalue weighted by Gasteiger charge is 1.78. The smallest absolute Gasteiger partial charge is 0.180 e. The van der Waals surface area contributed by atoms with E-state index in [1.165, 1.54) is 6.92 Å². The zero-order chi connectivity index (χ0) is 6.28. The number of aldehydes is 1. The summed E-state index contributed by atoms with van der Waals surface area (Å²) in [5.41, 5.74) is 0. The molecule has 0 amide bonds. The fourth-order valence-electron chi connectivity index (χ4n) is 0. The molecule has 0 aromatic heterocycles. The van der Waals surface area contributed by atoms with E-state index in [4.69, 9.17) is 39.6 Å². The molecule has 0 N–H and O–H groups in total. The molecule has 0 aromatic rings. The average Bonchev–Trinajstić information content (AvgIpc) is 1.33. The molecule has 44 valence electrons. The first kappa shape index (κ1) is 10.5. The Morgan fingerprint density at radius 1 is 1.43 bits per heavy atom. The highest BCUT2D eigenvalue weighted by Crippen LogP contribution is 2.03. The summed E-state index contributed by atoms with van der Waals surface area (Å²) in [5.74, 6) is 0. The van der Waals surface area contributed by atoms with Crippen LogP contribution in [0.2, 0.25) is 0 Å². The van der Waals surface area contributed by atoms with Crippen LogP contribution in [0.25, 0.3) is 0 Å². The minimum absolute atomic E-state index is 0.750. The van der Waals surface area contributed by atoms with Gasteiger partial charge in [0.2, 0.25) is 0 Å². The minimum Gasteiger partial charge on any atom is -0.304 e. The van der Waals surface area contributed by atoms with E-state index >= 15 is 0 Å². The second kappa shape index (κ2) is 9.74. The molecule has 0 saturated heterocycles. The van der Waals surface area contributed by atoms with Gasteiger partial charge in [-0.05, 0) is 6.92 Å². The van der Waals surface area contributed by atoms with Crippen molar-refractivity contribution in [2.45, 2.75) is 11.2 Å². The van der Waals surface area contributed by atoms with Crippen molar-refractivity contribution in [2.24, 2.45) is 0 Å². The molecule has 0 atom stereocenters.